The van der Waals surface area contributed by atoms with Crippen molar-refractivity contribution in [3.05, 3.63) is 88.5 Å². The molecule has 0 bridgehead atoms. The number of nitrogens with zero attached hydrogens (tertiary/aromatic N) is 1. The fourth-order valence-electron chi connectivity index (χ4n) is 3.39. The van der Waals surface area contributed by atoms with Gasteiger partial charge in [-0.05, 0) is 34.9 Å². The van der Waals surface area contributed by atoms with Crippen LogP contribution in [0.2, 0.25) is 0 Å². The number of benzene rings is 3. The summed E-state index contributed by atoms with van der Waals surface area (Å²) in [6.45, 7) is -0.613. The van der Waals surface area contributed by atoms with Crippen LogP contribution >= 0.6 is 0 Å². The summed E-state index contributed by atoms with van der Waals surface area (Å²) in [5.74, 6) is -1.70. The van der Waals surface area contributed by atoms with Gasteiger partial charge in [0.15, 0.2) is 0 Å². The average Bonchev–Trinajstić information content (AvgIpc) is 2.71. The van der Waals surface area contributed by atoms with E-state index in [0.29, 0.717) is 10.8 Å². The zero-order chi connectivity index (χ0) is 20.4. The van der Waals surface area contributed by atoms with Crippen LogP contribution in [0.4, 0.5) is 4.39 Å². The Bertz CT molecular complexity index is 1100. The summed E-state index contributed by atoms with van der Waals surface area (Å²) < 4.78 is 42.1. The van der Waals surface area contributed by atoms with E-state index in [0.717, 1.165) is 12.1 Å². The number of hydrogen-bond acceptors (Lipinski definition) is 5. The Morgan fingerprint density at radius 1 is 1.00 bits per heavy atom. The first kappa shape index (κ1) is 19.9. The molecule has 1 N–H and O–H groups in total. The Hall–Kier alpha value is -2.84. The monoisotopic (exact) mass is 403 g/mol. The molecular weight excluding hydrogens is 385 g/mol. The number of nitro groups is 1. The molecule has 0 saturated carbocycles. The molecule has 0 aliphatic carbocycles. The van der Waals surface area contributed by atoms with Crippen LogP contribution in [-0.4, -0.2) is 30.2 Å². The minimum Gasteiger partial charge on any atom is -0.396 e. The van der Waals surface area contributed by atoms with E-state index in [4.69, 9.17) is 0 Å². The van der Waals surface area contributed by atoms with Crippen LogP contribution in [0.15, 0.2) is 77.7 Å². The Morgan fingerprint density at radius 3 is 2.25 bits per heavy atom. The molecule has 0 fully saturated rings. The smallest absolute Gasteiger partial charge is 0.396 e. The highest BCUT2D eigenvalue weighted by Crippen LogP contribution is 2.44. The van der Waals surface area contributed by atoms with Crippen molar-refractivity contribution in [2.24, 2.45) is 0 Å². The molecule has 0 saturated heterocycles. The minimum atomic E-state index is -5.01. The molecule has 3 aromatic carbocycles. The molecule has 0 amide bonds. The highest BCUT2D eigenvalue weighted by atomic mass is 32.2. The van der Waals surface area contributed by atoms with Gasteiger partial charge in [-0.1, -0.05) is 60.7 Å². The van der Waals surface area contributed by atoms with Gasteiger partial charge in [-0.2, -0.15) is 0 Å². The van der Waals surface area contributed by atoms with Crippen molar-refractivity contribution >= 4 is 20.6 Å². The molecule has 6 nitrogen and oxygen atoms in total. The highest BCUT2D eigenvalue weighted by Gasteiger charge is 2.64. The average molecular weight is 403 g/mol. The van der Waals surface area contributed by atoms with Crippen LogP contribution in [0.3, 0.4) is 0 Å². The first-order valence-corrected chi connectivity index (χ1v) is 10.0. The van der Waals surface area contributed by atoms with Crippen LogP contribution in [0.1, 0.15) is 17.9 Å². The van der Waals surface area contributed by atoms with Crippen LogP contribution in [0.25, 0.3) is 10.8 Å². The zero-order valence-electron chi connectivity index (χ0n) is 14.7. The van der Waals surface area contributed by atoms with Crippen molar-refractivity contribution in [1.29, 1.82) is 0 Å². The van der Waals surface area contributed by atoms with Crippen molar-refractivity contribution in [2.45, 2.75) is 22.4 Å². The van der Waals surface area contributed by atoms with Crippen molar-refractivity contribution in [2.75, 3.05) is 6.61 Å². The number of fused-ring (bicyclic) bond motifs is 1. The SMILES string of the molecule is O=[N+]([O-])[C@](F)([C@@H](CCO)c1cccc2ccccc12)S(=O)(=O)c1ccccc1. The Kier molecular flexibility index (Phi) is 5.44. The second-order valence-electron chi connectivity index (χ2n) is 6.32. The first-order valence-electron chi connectivity index (χ1n) is 8.55. The number of rotatable bonds is 7. The van der Waals surface area contributed by atoms with E-state index in [-0.39, 0.29) is 5.56 Å². The zero-order valence-corrected chi connectivity index (χ0v) is 15.5. The molecule has 3 rings (SSSR count). The van der Waals surface area contributed by atoms with Crippen LogP contribution in [0.5, 0.6) is 0 Å². The maximum Gasteiger partial charge on any atom is 0.469 e. The number of aliphatic hydroxyl groups excluding tert-OH is 1. The fourth-order valence-corrected chi connectivity index (χ4v) is 5.05. The van der Waals surface area contributed by atoms with Gasteiger partial charge in [0.1, 0.15) is 5.92 Å². The molecular formula is C20H18FNO5S. The lowest BCUT2D eigenvalue weighted by molar-refractivity contribution is -0.579. The number of aliphatic hydroxyl groups is 1. The maximum absolute atomic E-state index is 16.0. The van der Waals surface area contributed by atoms with Gasteiger partial charge in [-0.3, -0.25) is 10.1 Å². The van der Waals surface area contributed by atoms with Gasteiger partial charge in [0.2, 0.25) is 0 Å². The summed E-state index contributed by atoms with van der Waals surface area (Å²) >= 11 is 0. The summed E-state index contributed by atoms with van der Waals surface area (Å²) in [6, 6.07) is 18.1. The third kappa shape index (κ3) is 3.14. The van der Waals surface area contributed by atoms with Crippen molar-refractivity contribution in [3.63, 3.8) is 0 Å². The summed E-state index contributed by atoms with van der Waals surface area (Å²) in [4.78, 5) is 9.94. The topological polar surface area (TPSA) is 97.5 Å². The van der Waals surface area contributed by atoms with Crippen molar-refractivity contribution < 1.29 is 22.8 Å². The molecule has 0 heterocycles. The molecule has 0 spiro atoms. The molecule has 0 aliphatic heterocycles. The predicted octanol–water partition coefficient (Wildman–Crippen LogP) is 3.68. The van der Waals surface area contributed by atoms with Gasteiger partial charge < -0.3 is 5.11 Å². The van der Waals surface area contributed by atoms with E-state index in [1.54, 1.807) is 36.4 Å². The third-order valence-electron chi connectivity index (χ3n) is 4.73. The van der Waals surface area contributed by atoms with Crippen LogP contribution < -0.4 is 0 Å². The van der Waals surface area contributed by atoms with Crippen molar-refractivity contribution in [1.82, 2.24) is 0 Å². The van der Waals surface area contributed by atoms with E-state index < -0.39 is 43.7 Å². The number of alkyl halides is 1. The molecule has 3 aromatic rings. The van der Waals surface area contributed by atoms with E-state index in [1.807, 2.05) is 0 Å². The molecule has 2 atom stereocenters. The molecule has 0 aliphatic rings. The molecule has 28 heavy (non-hydrogen) atoms. The molecule has 0 aromatic heterocycles. The lowest BCUT2D eigenvalue weighted by Crippen LogP contribution is -2.47. The fraction of sp³-hybridized carbons (Fsp3) is 0.200. The standard InChI is InChI=1S/C20H18FNO5S/c21-20(22(24)25,28(26,27)16-9-2-1-3-10-16)19(13-14-23)18-12-6-8-15-7-4-5-11-17(15)18/h1-12,19,23H,13-14H2/t19-,20+/m0/s1. The van der Waals surface area contributed by atoms with Gasteiger partial charge in [0.05, 0.1) is 9.82 Å². The maximum atomic E-state index is 16.0. The van der Waals surface area contributed by atoms with E-state index >= 15 is 4.39 Å². The van der Waals surface area contributed by atoms with Gasteiger partial charge in [-0.15, -0.1) is 4.39 Å². The Balaban J connectivity index is 2.29. The molecule has 146 valence electrons. The second kappa shape index (κ2) is 7.65. The third-order valence-corrected chi connectivity index (χ3v) is 6.81. The number of sulfone groups is 1. The normalized spacial score (nSPS) is 15.1. The minimum absolute atomic E-state index is 0.158. The summed E-state index contributed by atoms with van der Waals surface area (Å²) in [6.07, 6.45) is -0.433. The highest BCUT2D eigenvalue weighted by molar-refractivity contribution is 7.92. The summed E-state index contributed by atoms with van der Waals surface area (Å²) in [5, 5.41) is 18.6. The molecule has 0 unspecified atom stereocenters. The largest absolute Gasteiger partial charge is 0.469 e. The molecule has 8 heteroatoms. The first-order chi connectivity index (χ1) is 13.3. The number of hydrogen-bond donors (Lipinski definition) is 1. The van der Waals surface area contributed by atoms with Gasteiger partial charge >= 0.3 is 5.12 Å². The number of halogens is 1. The van der Waals surface area contributed by atoms with Crippen LogP contribution in [-0.2, 0) is 9.84 Å². The second-order valence-corrected chi connectivity index (χ2v) is 8.37. The van der Waals surface area contributed by atoms with E-state index in [1.165, 1.54) is 24.3 Å². The van der Waals surface area contributed by atoms with E-state index in [9.17, 15) is 23.6 Å². The Labute approximate surface area is 161 Å². The summed E-state index contributed by atoms with van der Waals surface area (Å²) in [5.41, 5.74) is 0.158. The predicted molar refractivity (Wildman–Crippen MR) is 103 cm³/mol. The lowest BCUT2D eigenvalue weighted by Gasteiger charge is -2.27. The van der Waals surface area contributed by atoms with Gasteiger partial charge in [-0.25, -0.2) is 8.42 Å². The van der Waals surface area contributed by atoms with E-state index in [2.05, 4.69) is 0 Å². The summed E-state index contributed by atoms with van der Waals surface area (Å²) in [7, 11) is -5.01. The van der Waals surface area contributed by atoms with Gasteiger partial charge in [0, 0.05) is 6.61 Å². The van der Waals surface area contributed by atoms with Crippen molar-refractivity contribution in [3.8, 4) is 0 Å². The quantitative estimate of drug-likeness (QED) is 0.369. The van der Waals surface area contributed by atoms with Gasteiger partial charge in [0.25, 0.3) is 9.84 Å². The van der Waals surface area contributed by atoms with Crippen LogP contribution in [0, 0.1) is 10.1 Å². The lowest BCUT2D eigenvalue weighted by atomic mass is 9.90. The Morgan fingerprint density at radius 2 is 1.61 bits per heavy atom. The molecule has 0 radical (unpaired) electrons.